The minimum Gasteiger partial charge on any atom is -0.483 e. The smallest absolute Gasteiger partial charge is 0.306 e. The number of rotatable bonds is 45. The molecule has 0 aliphatic heterocycles. The first-order valence-corrected chi connectivity index (χ1v) is 26.0. The number of esters is 1. The van der Waals surface area contributed by atoms with Gasteiger partial charge in [0.25, 0.3) is 17.3 Å². The number of ether oxygens (including phenoxy) is 1. The van der Waals surface area contributed by atoms with Crippen LogP contribution in [0.2, 0.25) is 0 Å². The van der Waals surface area contributed by atoms with E-state index < -0.39 is 0 Å². The van der Waals surface area contributed by atoms with Crippen LogP contribution >= 0.6 is 0 Å². The molecule has 0 heterocycles. The van der Waals surface area contributed by atoms with Crippen molar-refractivity contribution in [1.82, 2.24) is 4.90 Å². The number of nitrogens with one attached hydrogen (secondary N) is 1. The van der Waals surface area contributed by atoms with Gasteiger partial charge in [-0.3, -0.25) is 19.2 Å². The monoisotopic (exact) mass is 862 g/mol. The summed E-state index contributed by atoms with van der Waals surface area (Å²) in [4.78, 5) is 51.3. The minimum atomic E-state index is -0.346. The molecule has 1 aromatic rings. The molecule has 0 spiro atoms. The third kappa shape index (κ3) is 34.7. The van der Waals surface area contributed by atoms with E-state index in [9.17, 15) is 14.4 Å². The molecule has 1 rings (SSSR count). The van der Waals surface area contributed by atoms with E-state index in [2.05, 4.69) is 50.0 Å². The second-order valence-corrected chi connectivity index (χ2v) is 18.3. The normalized spacial score (nSPS) is 11.3. The molecular weight excluding hydrogens is 763 g/mol. The number of carbonyl (C=O) groups is 2. The van der Waals surface area contributed by atoms with Crippen molar-refractivity contribution in [2.75, 3.05) is 50.5 Å². The average Bonchev–Trinajstić information content (AvgIpc) is 3.24. The van der Waals surface area contributed by atoms with Crippen molar-refractivity contribution in [2.45, 2.75) is 258 Å². The molecule has 9 heteroatoms. The first-order valence-electron chi connectivity index (χ1n) is 26.0. The Hall–Kier alpha value is -2.42. The van der Waals surface area contributed by atoms with Gasteiger partial charge in [-0.2, -0.15) is 0 Å². The van der Waals surface area contributed by atoms with Crippen LogP contribution < -0.4 is 21.1 Å². The van der Waals surface area contributed by atoms with Crippen molar-refractivity contribution in [3.8, 4) is 0 Å². The molecule has 0 aliphatic carbocycles. The van der Waals surface area contributed by atoms with Gasteiger partial charge in [-0.15, -0.1) is 0 Å². The number of anilines is 2. The maximum absolute atomic E-state index is 12.9. The zero-order valence-electron chi connectivity index (χ0n) is 40.8. The molecule has 0 fully saturated rings. The molecule has 0 saturated heterocycles. The van der Waals surface area contributed by atoms with E-state index in [-0.39, 0.29) is 29.4 Å². The van der Waals surface area contributed by atoms with Gasteiger partial charge < -0.3 is 25.0 Å². The molecule has 1 aromatic carbocycles. The summed E-state index contributed by atoms with van der Waals surface area (Å²) in [5.41, 5.74) is 0.518. The van der Waals surface area contributed by atoms with Crippen LogP contribution in [0.1, 0.15) is 252 Å². The van der Waals surface area contributed by atoms with E-state index in [1.54, 1.807) is 0 Å². The molecule has 0 aliphatic rings. The van der Waals surface area contributed by atoms with Crippen LogP contribution in [0.4, 0.5) is 11.4 Å². The van der Waals surface area contributed by atoms with E-state index in [4.69, 9.17) is 14.6 Å². The summed E-state index contributed by atoms with van der Waals surface area (Å²) in [6.07, 6.45) is 43.5. The lowest BCUT2D eigenvalue weighted by Gasteiger charge is -2.28. The summed E-state index contributed by atoms with van der Waals surface area (Å²) in [7, 11) is 4.16. The van der Waals surface area contributed by atoms with Crippen molar-refractivity contribution < 1.29 is 19.4 Å². The Morgan fingerprint density at radius 1 is 0.541 bits per heavy atom. The van der Waals surface area contributed by atoms with Gasteiger partial charge in [-0.1, -0.05) is 188 Å². The van der Waals surface area contributed by atoms with Gasteiger partial charge in [0.2, 0.25) is 0 Å². The van der Waals surface area contributed by atoms with Gasteiger partial charge >= 0.3 is 5.97 Å². The molecule has 2 N–H and O–H groups in total. The van der Waals surface area contributed by atoms with Gasteiger partial charge in [0.05, 0.1) is 0 Å². The summed E-state index contributed by atoms with van der Waals surface area (Å²) in [6, 6.07) is 0. The second kappa shape index (κ2) is 44.2. The predicted octanol–water partition coefficient (Wildman–Crippen LogP) is 13.8. The van der Waals surface area contributed by atoms with Gasteiger partial charge in [0.1, 0.15) is 17.5 Å². The van der Waals surface area contributed by atoms with Crippen molar-refractivity contribution in [2.24, 2.45) is 0 Å². The Balaban J connectivity index is 0.0000116. The topological polar surface area (TPSA) is 116 Å². The summed E-state index contributed by atoms with van der Waals surface area (Å²) in [5.74, 6) is -0.0110. The quantitative estimate of drug-likeness (QED) is 0.0286. The van der Waals surface area contributed by atoms with Crippen LogP contribution in [0.3, 0.4) is 0 Å². The van der Waals surface area contributed by atoms with E-state index >= 15 is 0 Å². The molecule has 0 unspecified atom stereocenters. The fourth-order valence-electron chi connectivity index (χ4n) is 8.36. The van der Waals surface area contributed by atoms with Crippen molar-refractivity contribution in [1.29, 1.82) is 0 Å². The molecule has 61 heavy (non-hydrogen) atoms. The van der Waals surface area contributed by atoms with Crippen LogP contribution in [0.5, 0.6) is 0 Å². The fraction of sp³-hybridized carbons (Fsp3) is 0.885. The number of carbonyl (C=O) groups excluding carboxylic acids is 1. The van der Waals surface area contributed by atoms with Gasteiger partial charge in [-0.05, 0) is 78.4 Å². The SMILES string of the molecule is CCCCCCCCCCCCCCCCN(CCCCCCCC(=O)OC(CCCCCCCC)CCCCCCCC)c1c(NCCCCN(C)C)c(=O)c1=O.O=CO. The Kier molecular flexibility index (Phi) is 42.4. The summed E-state index contributed by atoms with van der Waals surface area (Å²) in [6.45, 7) is 9.94. The van der Waals surface area contributed by atoms with Crippen LogP contribution in [0.15, 0.2) is 9.59 Å². The molecular formula is C52H99N3O6. The van der Waals surface area contributed by atoms with Gasteiger partial charge in [0.15, 0.2) is 0 Å². The fourth-order valence-corrected chi connectivity index (χ4v) is 8.36. The Morgan fingerprint density at radius 2 is 0.902 bits per heavy atom. The summed E-state index contributed by atoms with van der Waals surface area (Å²) < 4.78 is 6.07. The number of hydrogen-bond donors (Lipinski definition) is 2. The lowest BCUT2D eigenvalue weighted by atomic mass is 10.0. The minimum absolute atomic E-state index is 0.0110. The number of hydrogen-bond acceptors (Lipinski definition) is 8. The molecule has 0 saturated carbocycles. The van der Waals surface area contributed by atoms with E-state index in [1.807, 2.05) is 0 Å². The third-order valence-corrected chi connectivity index (χ3v) is 12.2. The second-order valence-electron chi connectivity index (χ2n) is 18.3. The number of nitrogens with zero attached hydrogens (tertiary/aromatic N) is 2. The van der Waals surface area contributed by atoms with Crippen LogP contribution in [0.25, 0.3) is 0 Å². The van der Waals surface area contributed by atoms with Gasteiger partial charge in [0, 0.05) is 26.1 Å². The highest BCUT2D eigenvalue weighted by atomic mass is 16.5. The maximum atomic E-state index is 12.9. The maximum Gasteiger partial charge on any atom is 0.306 e. The molecule has 0 amide bonds. The lowest BCUT2D eigenvalue weighted by Crippen LogP contribution is -2.43. The van der Waals surface area contributed by atoms with Gasteiger partial charge in [-0.25, -0.2) is 0 Å². The predicted molar refractivity (Wildman–Crippen MR) is 262 cm³/mol. The average molecular weight is 862 g/mol. The van der Waals surface area contributed by atoms with Crippen molar-refractivity contribution in [3.05, 3.63) is 20.4 Å². The Bertz CT molecular complexity index is 1170. The van der Waals surface area contributed by atoms with Crippen LogP contribution in [-0.2, 0) is 14.3 Å². The van der Waals surface area contributed by atoms with Crippen molar-refractivity contribution in [3.63, 3.8) is 0 Å². The Morgan fingerprint density at radius 3 is 1.31 bits per heavy atom. The highest BCUT2D eigenvalue weighted by molar-refractivity contribution is 5.75. The molecule has 0 radical (unpaired) electrons. The lowest BCUT2D eigenvalue weighted by molar-refractivity contribution is -0.150. The zero-order chi connectivity index (χ0) is 45.0. The summed E-state index contributed by atoms with van der Waals surface area (Å²) in [5, 5.41) is 10.2. The molecule has 0 bridgehead atoms. The zero-order valence-corrected chi connectivity index (χ0v) is 40.8. The van der Waals surface area contributed by atoms with Crippen LogP contribution in [-0.4, -0.2) is 68.8 Å². The first kappa shape index (κ1) is 58.6. The van der Waals surface area contributed by atoms with E-state index in [1.165, 1.54) is 161 Å². The largest absolute Gasteiger partial charge is 0.483 e. The third-order valence-electron chi connectivity index (χ3n) is 12.2. The van der Waals surface area contributed by atoms with E-state index in [0.717, 1.165) is 90.4 Å². The number of unbranched alkanes of at least 4 members (excludes halogenated alkanes) is 28. The first-order chi connectivity index (χ1) is 29.8. The summed E-state index contributed by atoms with van der Waals surface area (Å²) >= 11 is 0. The standard InChI is InChI=1S/C51H97N3O4.CH2O2/c1-6-9-12-15-18-19-20-21-22-23-24-25-30-36-44-54(49-48(50(56)51(49)57)52-42-35-38-43-53(4)5)45-37-31-26-29-34-41-47(55)58-46(39-32-27-16-13-10-7-2)40-33-28-17-14-11-8-3;2-1-3/h46,52H,6-45H2,1-5H3;1H,(H,2,3). The van der Waals surface area contributed by atoms with Crippen LogP contribution in [0, 0.1) is 0 Å². The highest BCUT2D eigenvalue weighted by Crippen LogP contribution is 2.23. The van der Waals surface area contributed by atoms with E-state index in [0.29, 0.717) is 17.8 Å². The molecule has 9 nitrogen and oxygen atoms in total. The molecule has 0 aromatic heterocycles. The molecule has 0 atom stereocenters. The molecule has 358 valence electrons. The van der Waals surface area contributed by atoms with Crippen molar-refractivity contribution >= 4 is 23.8 Å². The Labute approximate surface area is 376 Å². The number of carboxylic acid groups (broad SMARTS) is 1. The highest BCUT2D eigenvalue weighted by Gasteiger charge is 2.25.